The molecule has 0 radical (unpaired) electrons. The zero-order valence-corrected chi connectivity index (χ0v) is 13.0. The summed E-state index contributed by atoms with van der Waals surface area (Å²) in [5.74, 6) is 0.434. The van der Waals surface area contributed by atoms with Gasteiger partial charge in [0.15, 0.2) is 0 Å². The van der Waals surface area contributed by atoms with Crippen molar-refractivity contribution in [1.82, 2.24) is 10.2 Å². The summed E-state index contributed by atoms with van der Waals surface area (Å²) in [6, 6.07) is 4.86. The normalized spacial score (nSPS) is 13.9. The summed E-state index contributed by atoms with van der Waals surface area (Å²) in [4.78, 5) is 25.2. The van der Waals surface area contributed by atoms with Crippen molar-refractivity contribution in [2.75, 3.05) is 32.5 Å². The lowest BCUT2D eigenvalue weighted by atomic mass is 10.2. The zero-order valence-electron chi connectivity index (χ0n) is 12.3. The molecule has 1 aliphatic rings. The van der Waals surface area contributed by atoms with E-state index in [1.807, 2.05) is 0 Å². The van der Waals surface area contributed by atoms with Crippen molar-refractivity contribution in [3.05, 3.63) is 28.8 Å². The summed E-state index contributed by atoms with van der Waals surface area (Å²) >= 11 is 6.06. The van der Waals surface area contributed by atoms with Crippen molar-refractivity contribution in [3.63, 3.8) is 0 Å². The Hall–Kier alpha value is -1.59. The van der Waals surface area contributed by atoms with Gasteiger partial charge in [0.1, 0.15) is 0 Å². The third kappa shape index (κ3) is 4.72. The lowest BCUT2D eigenvalue weighted by molar-refractivity contribution is -0.115. The molecular weight excluding hydrogens is 290 g/mol. The number of benzene rings is 1. The first-order valence-electron chi connectivity index (χ1n) is 6.99. The summed E-state index contributed by atoms with van der Waals surface area (Å²) in [6.45, 7) is 1.12. The highest BCUT2D eigenvalue weighted by molar-refractivity contribution is 6.33. The van der Waals surface area contributed by atoms with E-state index in [0.29, 0.717) is 16.3 Å². The molecule has 0 unspecified atom stereocenters. The molecule has 0 atom stereocenters. The van der Waals surface area contributed by atoms with E-state index in [2.05, 4.69) is 10.6 Å². The van der Waals surface area contributed by atoms with E-state index < -0.39 is 0 Å². The van der Waals surface area contributed by atoms with Crippen molar-refractivity contribution in [2.24, 2.45) is 5.92 Å². The first kappa shape index (κ1) is 15.8. The number of nitrogens with zero attached hydrogens (tertiary/aromatic N) is 1. The average molecular weight is 310 g/mol. The Morgan fingerprint density at radius 3 is 2.67 bits per heavy atom. The second kappa shape index (κ2) is 6.91. The molecule has 0 bridgehead atoms. The summed E-state index contributed by atoms with van der Waals surface area (Å²) in [5.41, 5.74) is 0.952. The average Bonchev–Trinajstić information content (AvgIpc) is 3.24. The van der Waals surface area contributed by atoms with Crippen LogP contribution in [-0.4, -0.2) is 43.9 Å². The van der Waals surface area contributed by atoms with Gasteiger partial charge in [0.2, 0.25) is 5.91 Å². The third-order valence-corrected chi connectivity index (χ3v) is 3.64. The SMILES string of the molecule is CN(C)C(=O)c1ccc(Cl)c(NC(=O)CNCC2CC2)c1. The van der Waals surface area contributed by atoms with Gasteiger partial charge in [0, 0.05) is 19.7 Å². The number of amides is 2. The smallest absolute Gasteiger partial charge is 0.253 e. The van der Waals surface area contributed by atoms with Crippen molar-refractivity contribution >= 4 is 29.1 Å². The van der Waals surface area contributed by atoms with Crippen molar-refractivity contribution in [2.45, 2.75) is 12.8 Å². The molecule has 1 aliphatic carbocycles. The molecule has 1 saturated carbocycles. The summed E-state index contributed by atoms with van der Waals surface area (Å²) in [6.07, 6.45) is 2.49. The van der Waals surface area contributed by atoms with Gasteiger partial charge < -0.3 is 15.5 Å². The van der Waals surface area contributed by atoms with E-state index in [0.717, 1.165) is 12.5 Å². The van der Waals surface area contributed by atoms with Gasteiger partial charge in [0.25, 0.3) is 5.91 Å². The summed E-state index contributed by atoms with van der Waals surface area (Å²) in [5, 5.41) is 6.26. The Labute approximate surface area is 129 Å². The monoisotopic (exact) mass is 309 g/mol. The summed E-state index contributed by atoms with van der Waals surface area (Å²) < 4.78 is 0. The fourth-order valence-corrected chi connectivity index (χ4v) is 2.08. The zero-order chi connectivity index (χ0) is 15.4. The lowest BCUT2D eigenvalue weighted by Gasteiger charge is -2.13. The molecule has 0 aromatic heterocycles. The molecule has 0 heterocycles. The van der Waals surface area contributed by atoms with Gasteiger partial charge in [-0.2, -0.15) is 0 Å². The van der Waals surface area contributed by atoms with Crippen LogP contribution >= 0.6 is 11.6 Å². The van der Waals surface area contributed by atoms with E-state index in [9.17, 15) is 9.59 Å². The predicted molar refractivity (Wildman–Crippen MR) is 83.7 cm³/mol. The molecule has 1 aromatic carbocycles. The fourth-order valence-electron chi connectivity index (χ4n) is 1.92. The molecule has 2 N–H and O–H groups in total. The highest BCUT2D eigenvalue weighted by Gasteiger charge is 2.20. The molecule has 0 aliphatic heterocycles. The molecule has 1 aromatic rings. The van der Waals surface area contributed by atoms with E-state index >= 15 is 0 Å². The molecule has 2 rings (SSSR count). The predicted octanol–water partition coefficient (Wildman–Crippen LogP) is 1.98. The van der Waals surface area contributed by atoms with Crippen LogP contribution in [0, 0.1) is 5.92 Å². The molecule has 6 heteroatoms. The minimum absolute atomic E-state index is 0.131. The molecule has 0 saturated heterocycles. The maximum absolute atomic E-state index is 11.9. The quantitative estimate of drug-likeness (QED) is 0.844. The van der Waals surface area contributed by atoms with Crippen LogP contribution in [0.2, 0.25) is 5.02 Å². The van der Waals surface area contributed by atoms with Gasteiger partial charge in [-0.1, -0.05) is 11.6 Å². The van der Waals surface area contributed by atoms with Crippen LogP contribution in [0.25, 0.3) is 0 Å². The minimum Gasteiger partial charge on any atom is -0.345 e. The Morgan fingerprint density at radius 1 is 1.33 bits per heavy atom. The van der Waals surface area contributed by atoms with Gasteiger partial charge in [-0.25, -0.2) is 0 Å². The first-order chi connectivity index (χ1) is 9.97. The van der Waals surface area contributed by atoms with Crippen LogP contribution in [-0.2, 0) is 4.79 Å². The number of halogens is 1. The van der Waals surface area contributed by atoms with Crippen LogP contribution in [0.4, 0.5) is 5.69 Å². The molecule has 21 heavy (non-hydrogen) atoms. The number of carbonyl (C=O) groups is 2. The van der Waals surface area contributed by atoms with Crippen LogP contribution in [0.5, 0.6) is 0 Å². The number of anilines is 1. The van der Waals surface area contributed by atoms with Gasteiger partial charge in [-0.3, -0.25) is 9.59 Å². The maximum Gasteiger partial charge on any atom is 0.253 e. The summed E-state index contributed by atoms with van der Waals surface area (Å²) in [7, 11) is 3.36. The highest BCUT2D eigenvalue weighted by Crippen LogP contribution is 2.27. The van der Waals surface area contributed by atoms with Crippen molar-refractivity contribution in [1.29, 1.82) is 0 Å². The number of carbonyl (C=O) groups excluding carboxylic acids is 2. The van der Waals surface area contributed by atoms with Gasteiger partial charge in [-0.05, 0) is 43.5 Å². The topological polar surface area (TPSA) is 61.4 Å². The standard InChI is InChI=1S/C15H20ClN3O2/c1-19(2)15(21)11-5-6-12(16)13(7-11)18-14(20)9-17-8-10-3-4-10/h5-7,10,17H,3-4,8-9H2,1-2H3,(H,18,20). The molecular formula is C15H20ClN3O2. The first-order valence-corrected chi connectivity index (χ1v) is 7.37. The van der Waals surface area contributed by atoms with Crippen LogP contribution in [0.1, 0.15) is 23.2 Å². The second-order valence-electron chi connectivity index (χ2n) is 5.52. The van der Waals surface area contributed by atoms with Crippen LogP contribution < -0.4 is 10.6 Å². The minimum atomic E-state index is -0.160. The third-order valence-electron chi connectivity index (χ3n) is 3.31. The Morgan fingerprint density at radius 2 is 2.05 bits per heavy atom. The van der Waals surface area contributed by atoms with Crippen LogP contribution in [0.15, 0.2) is 18.2 Å². The molecule has 1 fully saturated rings. The largest absolute Gasteiger partial charge is 0.345 e. The van der Waals surface area contributed by atoms with Crippen molar-refractivity contribution < 1.29 is 9.59 Å². The molecule has 2 amide bonds. The van der Waals surface area contributed by atoms with Gasteiger partial charge in [0.05, 0.1) is 17.3 Å². The molecule has 0 spiro atoms. The highest BCUT2D eigenvalue weighted by atomic mass is 35.5. The van der Waals surface area contributed by atoms with Crippen LogP contribution in [0.3, 0.4) is 0 Å². The number of nitrogens with one attached hydrogen (secondary N) is 2. The van der Waals surface area contributed by atoms with E-state index in [4.69, 9.17) is 11.6 Å². The van der Waals surface area contributed by atoms with Gasteiger partial charge >= 0.3 is 0 Å². The number of hydrogen-bond acceptors (Lipinski definition) is 3. The Kier molecular flexibility index (Phi) is 5.20. The molecule has 114 valence electrons. The van der Waals surface area contributed by atoms with E-state index in [1.54, 1.807) is 32.3 Å². The Bertz CT molecular complexity index is 542. The van der Waals surface area contributed by atoms with E-state index in [-0.39, 0.29) is 18.4 Å². The number of rotatable bonds is 6. The molecule has 5 nitrogen and oxygen atoms in total. The maximum atomic E-state index is 11.9. The fraction of sp³-hybridized carbons (Fsp3) is 0.467. The van der Waals surface area contributed by atoms with E-state index in [1.165, 1.54) is 17.7 Å². The lowest BCUT2D eigenvalue weighted by Crippen LogP contribution is -2.29. The van der Waals surface area contributed by atoms with Gasteiger partial charge in [-0.15, -0.1) is 0 Å². The second-order valence-corrected chi connectivity index (χ2v) is 5.92. The number of hydrogen-bond donors (Lipinski definition) is 2. The Balaban J connectivity index is 1.95. The van der Waals surface area contributed by atoms with Crippen molar-refractivity contribution in [3.8, 4) is 0 Å².